The van der Waals surface area contributed by atoms with Crippen LogP contribution in [0.3, 0.4) is 0 Å². The Bertz CT molecular complexity index is 524. The van der Waals surface area contributed by atoms with Crippen LogP contribution in [0.5, 0.6) is 0 Å². The molecule has 0 heterocycles. The molecule has 0 atom stereocenters. The van der Waals surface area contributed by atoms with E-state index in [-0.39, 0.29) is 11.9 Å². The highest BCUT2D eigenvalue weighted by Crippen LogP contribution is 2.25. The van der Waals surface area contributed by atoms with Crippen molar-refractivity contribution in [2.24, 2.45) is 5.92 Å². The van der Waals surface area contributed by atoms with E-state index in [0.717, 1.165) is 17.8 Å². The van der Waals surface area contributed by atoms with E-state index < -0.39 is 0 Å². The van der Waals surface area contributed by atoms with Gasteiger partial charge in [-0.3, -0.25) is 4.79 Å². The number of carbonyl (C=O) groups is 2. The molecule has 0 aliphatic heterocycles. The van der Waals surface area contributed by atoms with Crippen molar-refractivity contribution < 1.29 is 9.59 Å². The first-order valence-electron chi connectivity index (χ1n) is 7.90. The molecule has 0 aromatic heterocycles. The van der Waals surface area contributed by atoms with Crippen molar-refractivity contribution in [3.63, 3.8) is 0 Å². The van der Waals surface area contributed by atoms with Crippen molar-refractivity contribution in [3.8, 4) is 0 Å². The number of rotatable bonds is 5. The maximum atomic E-state index is 12.1. The van der Waals surface area contributed by atoms with E-state index in [0.29, 0.717) is 12.5 Å². The van der Waals surface area contributed by atoms with Gasteiger partial charge in [-0.1, -0.05) is 25.0 Å². The van der Waals surface area contributed by atoms with Crippen LogP contribution in [0.2, 0.25) is 0 Å². The summed E-state index contributed by atoms with van der Waals surface area (Å²) in [5, 5.41) is 5.67. The molecule has 3 amide bonds. The summed E-state index contributed by atoms with van der Waals surface area (Å²) in [5.74, 6) is 0.552. The van der Waals surface area contributed by atoms with E-state index in [9.17, 15) is 9.59 Å². The lowest BCUT2D eigenvalue weighted by Gasteiger charge is -2.21. The minimum Gasteiger partial charge on any atom is -0.334 e. The number of hydrogen-bond acceptors (Lipinski definition) is 2. The number of anilines is 1. The van der Waals surface area contributed by atoms with Crippen molar-refractivity contribution in [1.82, 2.24) is 10.2 Å². The second-order valence-electron chi connectivity index (χ2n) is 6.07. The fraction of sp³-hybridized carbons (Fsp3) is 0.529. The Labute approximate surface area is 132 Å². The molecule has 2 rings (SSSR count). The predicted molar refractivity (Wildman–Crippen MR) is 87.6 cm³/mol. The van der Waals surface area contributed by atoms with Gasteiger partial charge in [0, 0.05) is 32.7 Å². The summed E-state index contributed by atoms with van der Waals surface area (Å²) < 4.78 is 0. The molecule has 0 radical (unpaired) electrons. The van der Waals surface area contributed by atoms with Crippen molar-refractivity contribution in [3.05, 3.63) is 29.8 Å². The fourth-order valence-corrected chi connectivity index (χ4v) is 2.94. The second kappa shape index (κ2) is 7.82. The van der Waals surface area contributed by atoms with E-state index in [1.807, 2.05) is 31.3 Å². The molecule has 5 nitrogen and oxygen atoms in total. The molecule has 0 unspecified atom stereocenters. The molecule has 0 saturated heterocycles. The number of carbonyl (C=O) groups excluding carboxylic acids is 2. The van der Waals surface area contributed by atoms with Crippen LogP contribution in [0.4, 0.5) is 10.5 Å². The van der Waals surface area contributed by atoms with E-state index in [1.54, 1.807) is 4.90 Å². The molecule has 0 spiro atoms. The van der Waals surface area contributed by atoms with Crippen molar-refractivity contribution in [1.29, 1.82) is 0 Å². The average molecular weight is 303 g/mol. The smallest absolute Gasteiger partial charge is 0.317 e. The Morgan fingerprint density at radius 3 is 2.68 bits per heavy atom. The van der Waals surface area contributed by atoms with E-state index >= 15 is 0 Å². The van der Waals surface area contributed by atoms with Gasteiger partial charge < -0.3 is 15.5 Å². The van der Waals surface area contributed by atoms with Gasteiger partial charge in [0.05, 0.1) is 0 Å². The normalized spacial score (nSPS) is 14.6. The highest BCUT2D eigenvalue weighted by Gasteiger charge is 2.19. The molecule has 1 aromatic carbocycles. The average Bonchev–Trinajstić information content (AvgIpc) is 2.97. The van der Waals surface area contributed by atoms with Crippen LogP contribution in [-0.2, 0) is 11.3 Å². The van der Waals surface area contributed by atoms with Gasteiger partial charge in [-0.15, -0.1) is 0 Å². The Morgan fingerprint density at radius 1 is 1.27 bits per heavy atom. The Kier molecular flexibility index (Phi) is 5.81. The zero-order valence-corrected chi connectivity index (χ0v) is 13.4. The molecule has 1 aliphatic carbocycles. The minimum atomic E-state index is -0.0996. The van der Waals surface area contributed by atoms with Gasteiger partial charge >= 0.3 is 6.03 Å². The Morgan fingerprint density at radius 2 is 2.00 bits per heavy atom. The summed E-state index contributed by atoms with van der Waals surface area (Å²) in [6.07, 6.45) is 5.04. The zero-order valence-electron chi connectivity index (χ0n) is 13.4. The maximum absolute atomic E-state index is 12.1. The van der Waals surface area contributed by atoms with Gasteiger partial charge in [0.2, 0.25) is 5.91 Å². The fourth-order valence-electron chi connectivity index (χ4n) is 2.94. The SMILES string of the molecule is CC(=O)Nc1cccc(CNC(=O)N(C)CC2CCCC2)c1. The topological polar surface area (TPSA) is 61.4 Å². The quantitative estimate of drug-likeness (QED) is 0.878. The van der Waals surface area contributed by atoms with Gasteiger partial charge in [0.25, 0.3) is 0 Å². The molecule has 1 fully saturated rings. The van der Waals surface area contributed by atoms with Crippen LogP contribution < -0.4 is 10.6 Å². The highest BCUT2D eigenvalue weighted by molar-refractivity contribution is 5.88. The van der Waals surface area contributed by atoms with Gasteiger partial charge in [-0.05, 0) is 36.5 Å². The standard InChI is InChI=1S/C17H25N3O2/c1-13(21)19-16-9-5-8-15(10-16)11-18-17(22)20(2)12-14-6-3-4-7-14/h5,8-10,14H,3-4,6-7,11-12H2,1-2H3,(H,18,22)(H,19,21). The third-order valence-electron chi connectivity index (χ3n) is 4.04. The molecule has 1 saturated carbocycles. The molecule has 2 N–H and O–H groups in total. The summed E-state index contributed by atoms with van der Waals surface area (Å²) in [5.41, 5.74) is 1.72. The van der Waals surface area contributed by atoms with E-state index in [1.165, 1.54) is 32.6 Å². The van der Waals surface area contributed by atoms with E-state index in [4.69, 9.17) is 0 Å². The maximum Gasteiger partial charge on any atom is 0.317 e. The minimum absolute atomic E-state index is 0.0446. The molecule has 0 bridgehead atoms. The molecule has 1 aromatic rings. The number of hydrogen-bond donors (Lipinski definition) is 2. The third-order valence-corrected chi connectivity index (χ3v) is 4.04. The summed E-state index contributed by atoms with van der Waals surface area (Å²) in [6.45, 7) is 2.77. The summed E-state index contributed by atoms with van der Waals surface area (Å²) in [7, 11) is 1.85. The number of amides is 3. The van der Waals surface area contributed by atoms with Crippen molar-refractivity contribution in [2.45, 2.75) is 39.2 Å². The van der Waals surface area contributed by atoms with Crippen LogP contribution in [0.15, 0.2) is 24.3 Å². The molecule has 1 aliphatic rings. The predicted octanol–water partition coefficient (Wildman–Crippen LogP) is 2.98. The van der Waals surface area contributed by atoms with Gasteiger partial charge in [0.1, 0.15) is 0 Å². The third kappa shape index (κ3) is 5.06. The Hall–Kier alpha value is -2.04. The first kappa shape index (κ1) is 16.3. The summed E-state index contributed by atoms with van der Waals surface area (Å²) in [4.78, 5) is 24.9. The first-order chi connectivity index (χ1) is 10.5. The van der Waals surface area contributed by atoms with Crippen LogP contribution >= 0.6 is 0 Å². The molecule has 120 valence electrons. The largest absolute Gasteiger partial charge is 0.334 e. The van der Waals surface area contributed by atoms with E-state index in [2.05, 4.69) is 10.6 Å². The molecular weight excluding hydrogens is 278 g/mol. The number of nitrogens with zero attached hydrogens (tertiary/aromatic N) is 1. The summed E-state index contributed by atoms with van der Waals surface area (Å²) in [6, 6.07) is 7.46. The lowest BCUT2D eigenvalue weighted by Crippen LogP contribution is -2.39. The van der Waals surface area contributed by atoms with Crippen LogP contribution in [-0.4, -0.2) is 30.4 Å². The number of benzene rings is 1. The molecule has 22 heavy (non-hydrogen) atoms. The van der Waals surface area contributed by atoms with Gasteiger partial charge in [-0.2, -0.15) is 0 Å². The first-order valence-corrected chi connectivity index (χ1v) is 7.90. The van der Waals surface area contributed by atoms with Crippen molar-refractivity contribution >= 4 is 17.6 Å². The van der Waals surface area contributed by atoms with Gasteiger partial charge in [0.15, 0.2) is 0 Å². The molecule has 5 heteroatoms. The van der Waals surface area contributed by atoms with Crippen LogP contribution in [0.1, 0.15) is 38.2 Å². The lowest BCUT2D eigenvalue weighted by atomic mass is 10.1. The molecular formula is C17H25N3O2. The zero-order chi connectivity index (χ0) is 15.9. The summed E-state index contributed by atoms with van der Waals surface area (Å²) >= 11 is 0. The van der Waals surface area contributed by atoms with Crippen LogP contribution in [0.25, 0.3) is 0 Å². The number of urea groups is 1. The lowest BCUT2D eigenvalue weighted by molar-refractivity contribution is -0.114. The van der Waals surface area contributed by atoms with Crippen molar-refractivity contribution in [2.75, 3.05) is 18.9 Å². The Balaban J connectivity index is 1.81. The number of nitrogens with one attached hydrogen (secondary N) is 2. The highest BCUT2D eigenvalue weighted by atomic mass is 16.2. The van der Waals surface area contributed by atoms with Gasteiger partial charge in [-0.25, -0.2) is 4.79 Å². The second-order valence-corrected chi connectivity index (χ2v) is 6.07. The van der Waals surface area contributed by atoms with Crippen LogP contribution in [0, 0.1) is 5.92 Å². The monoisotopic (exact) mass is 303 g/mol.